The van der Waals surface area contributed by atoms with Crippen LogP contribution in [0.15, 0.2) is 42.0 Å². The fourth-order valence-electron chi connectivity index (χ4n) is 8.28. The maximum Gasteiger partial charge on any atom is 0.259 e. The van der Waals surface area contributed by atoms with E-state index < -0.39 is 0 Å². The third-order valence-corrected chi connectivity index (χ3v) is 10.00. The first-order valence-electron chi connectivity index (χ1n) is 13.2. The number of hydrogen-bond donors (Lipinski definition) is 1. The lowest BCUT2D eigenvalue weighted by molar-refractivity contribution is -0.141. The van der Waals surface area contributed by atoms with Gasteiger partial charge in [-0.1, -0.05) is 56.7 Å². The van der Waals surface area contributed by atoms with E-state index in [0.29, 0.717) is 23.5 Å². The number of nitrogens with one attached hydrogen (secondary N) is 1. The minimum atomic E-state index is -0.191. The van der Waals surface area contributed by atoms with Gasteiger partial charge in [-0.25, -0.2) is 0 Å². The fourth-order valence-corrected chi connectivity index (χ4v) is 8.28. The second kappa shape index (κ2) is 8.60. The quantitative estimate of drug-likeness (QED) is 0.501. The molecule has 1 N–H and O–H groups in total. The van der Waals surface area contributed by atoms with Crippen molar-refractivity contribution in [1.29, 1.82) is 0 Å². The highest BCUT2D eigenvalue weighted by Gasteiger charge is 2.59. The van der Waals surface area contributed by atoms with Crippen molar-refractivity contribution in [3.63, 3.8) is 0 Å². The van der Waals surface area contributed by atoms with E-state index in [9.17, 15) is 9.59 Å². The monoisotopic (exact) mass is 448 g/mol. The lowest BCUT2D eigenvalue weighted by Crippen LogP contribution is -2.61. The predicted octanol–water partition coefficient (Wildman–Crippen LogP) is 5.14. The van der Waals surface area contributed by atoms with E-state index in [1.807, 2.05) is 30.1 Å². The van der Waals surface area contributed by atoms with E-state index in [0.717, 1.165) is 31.1 Å². The molecule has 1 heterocycles. The van der Waals surface area contributed by atoms with Crippen LogP contribution in [0, 0.1) is 28.6 Å². The summed E-state index contributed by atoms with van der Waals surface area (Å²) in [5.74, 6) is 1.84. The van der Waals surface area contributed by atoms with Crippen molar-refractivity contribution in [2.24, 2.45) is 28.6 Å². The van der Waals surface area contributed by atoms with Crippen LogP contribution >= 0.6 is 0 Å². The summed E-state index contributed by atoms with van der Waals surface area (Å²) in [4.78, 5) is 28.3. The molecule has 3 aliphatic carbocycles. The number of carbonyl (C=O) groups excluding carboxylic acids is 2. The van der Waals surface area contributed by atoms with Crippen LogP contribution < -0.4 is 5.32 Å². The van der Waals surface area contributed by atoms with Gasteiger partial charge in [0.2, 0.25) is 0 Å². The Bertz CT molecular complexity index is 940. The molecule has 2 amide bonds. The number of carbonyl (C=O) groups is 2. The molecule has 6 atom stereocenters. The number of likely N-dealkylation sites (N-methyl/N-ethyl adjacent to an activating group) is 1. The largest absolute Gasteiger partial charge is 0.352 e. The normalized spacial score (nSPS) is 37.6. The van der Waals surface area contributed by atoms with Gasteiger partial charge in [0.15, 0.2) is 0 Å². The van der Waals surface area contributed by atoms with Crippen LogP contribution in [0.3, 0.4) is 0 Å². The SMILES string of the molecule is CN1C(=O)C(C(=O)NCCCc2ccccc2)=C[C@@]2(C)C1CC[C@@H]1[C@H]2CC[C@]2(C)CCC[C@@H]12. The standard InChI is InChI=1S/C29H40N2O2/c1-28-16-7-12-23(28)21-13-14-25-29(2,24(21)15-17-28)19-22(27(33)31(25)3)26(32)30-18-8-11-20-9-5-4-6-10-20/h4-6,9-10,19,21,23-25H,7-8,11-18H2,1-3H3,(H,30,32)/t21-,23-,24+,25?,28-,29+/m0/s1. The first-order valence-corrected chi connectivity index (χ1v) is 13.2. The van der Waals surface area contributed by atoms with E-state index in [1.165, 1.54) is 44.1 Å². The maximum absolute atomic E-state index is 13.2. The van der Waals surface area contributed by atoms with Crippen LogP contribution in [-0.2, 0) is 16.0 Å². The highest BCUT2D eigenvalue weighted by Crippen LogP contribution is 2.64. The number of amides is 2. The van der Waals surface area contributed by atoms with Crippen molar-refractivity contribution in [3.8, 4) is 0 Å². The predicted molar refractivity (Wildman–Crippen MR) is 131 cm³/mol. The molecule has 4 aliphatic rings. The van der Waals surface area contributed by atoms with Gasteiger partial charge in [-0.05, 0) is 80.1 Å². The Kier molecular flexibility index (Phi) is 5.91. The summed E-state index contributed by atoms with van der Waals surface area (Å²) in [7, 11) is 1.92. The highest BCUT2D eigenvalue weighted by molar-refractivity contribution is 6.19. The zero-order chi connectivity index (χ0) is 23.2. The molecule has 1 unspecified atom stereocenters. The van der Waals surface area contributed by atoms with Gasteiger partial charge in [0, 0.05) is 25.0 Å². The molecule has 1 aromatic rings. The smallest absolute Gasteiger partial charge is 0.259 e. The lowest BCUT2D eigenvalue weighted by atomic mass is 9.48. The number of benzene rings is 1. The third kappa shape index (κ3) is 3.84. The van der Waals surface area contributed by atoms with Gasteiger partial charge in [-0.3, -0.25) is 9.59 Å². The lowest BCUT2D eigenvalue weighted by Gasteiger charge is -2.60. The number of hydrogen-bond acceptors (Lipinski definition) is 2. The Morgan fingerprint density at radius 2 is 1.85 bits per heavy atom. The third-order valence-electron chi connectivity index (χ3n) is 10.00. The fraction of sp³-hybridized carbons (Fsp3) is 0.655. The summed E-state index contributed by atoms with van der Waals surface area (Å²) < 4.78 is 0. The van der Waals surface area contributed by atoms with Gasteiger partial charge in [0.05, 0.1) is 0 Å². The van der Waals surface area contributed by atoms with Crippen molar-refractivity contribution in [3.05, 3.63) is 47.5 Å². The molecule has 3 fully saturated rings. The zero-order valence-corrected chi connectivity index (χ0v) is 20.6. The summed E-state index contributed by atoms with van der Waals surface area (Å²) >= 11 is 0. The van der Waals surface area contributed by atoms with Crippen LogP contribution in [0.25, 0.3) is 0 Å². The first kappa shape index (κ1) is 22.7. The molecule has 0 aromatic heterocycles. The van der Waals surface area contributed by atoms with Crippen LogP contribution in [-0.4, -0.2) is 36.3 Å². The van der Waals surface area contributed by atoms with Crippen molar-refractivity contribution in [2.45, 2.75) is 77.7 Å². The van der Waals surface area contributed by atoms with Gasteiger partial charge < -0.3 is 10.2 Å². The summed E-state index contributed by atoms with van der Waals surface area (Å²) in [6.45, 7) is 5.46. The molecule has 178 valence electrons. The Balaban J connectivity index is 1.32. The van der Waals surface area contributed by atoms with E-state index in [2.05, 4.69) is 37.4 Å². The number of fused-ring (bicyclic) bond motifs is 5. The Morgan fingerprint density at radius 3 is 2.64 bits per heavy atom. The summed E-state index contributed by atoms with van der Waals surface area (Å²) in [5.41, 5.74) is 2.06. The molecule has 0 spiro atoms. The minimum absolute atomic E-state index is 0.0991. The van der Waals surface area contributed by atoms with Crippen LogP contribution in [0.5, 0.6) is 0 Å². The molecule has 0 radical (unpaired) electrons. The van der Waals surface area contributed by atoms with Crippen LogP contribution in [0.2, 0.25) is 0 Å². The molecule has 1 aliphatic heterocycles. The molecule has 0 saturated heterocycles. The molecule has 0 bridgehead atoms. The van der Waals surface area contributed by atoms with Crippen LogP contribution in [0.1, 0.15) is 70.8 Å². The van der Waals surface area contributed by atoms with Crippen molar-refractivity contribution in [1.82, 2.24) is 10.2 Å². The van der Waals surface area contributed by atoms with Gasteiger partial charge in [0.1, 0.15) is 5.57 Å². The summed E-state index contributed by atoms with van der Waals surface area (Å²) in [6.07, 6.45) is 12.9. The van der Waals surface area contributed by atoms with Gasteiger partial charge in [-0.2, -0.15) is 0 Å². The van der Waals surface area contributed by atoms with E-state index in [1.54, 1.807) is 0 Å². The van der Waals surface area contributed by atoms with Crippen molar-refractivity contribution >= 4 is 11.8 Å². The van der Waals surface area contributed by atoms with Crippen molar-refractivity contribution in [2.75, 3.05) is 13.6 Å². The summed E-state index contributed by atoms with van der Waals surface area (Å²) in [6, 6.07) is 10.6. The second-order valence-electron chi connectivity index (χ2n) is 11.7. The molecule has 3 saturated carbocycles. The Labute approximate surface area is 199 Å². The number of aryl methyl sites for hydroxylation is 1. The number of rotatable bonds is 5. The van der Waals surface area contributed by atoms with Crippen LogP contribution in [0.4, 0.5) is 0 Å². The molecule has 4 heteroatoms. The van der Waals surface area contributed by atoms with E-state index >= 15 is 0 Å². The average molecular weight is 449 g/mol. The second-order valence-corrected chi connectivity index (χ2v) is 11.7. The molecular weight excluding hydrogens is 408 g/mol. The molecule has 33 heavy (non-hydrogen) atoms. The molecule has 4 nitrogen and oxygen atoms in total. The zero-order valence-electron chi connectivity index (χ0n) is 20.6. The van der Waals surface area contributed by atoms with E-state index in [4.69, 9.17) is 0 Å². The van der Waals surface area contributed by atoms with Crippen molar-refractivity contribution < 1.29 is 9.59 Å². The Hall–Kier alpha value is -2.10. The minimum Gasteiger partial charge on any atom is -0.352 e. The molecule has 1 aromatic carbocycles. The summed E-state index contributed by atoms with van der Waals surface area (Å²) in [5, 5.41) is 3.05. The van der Waals surface area contributed by atoms with E-state index in [-0.39, 0.29) is 23.3 Å². The molecular formula is C29H40N2O2. The van der Waals surface area contributed by atoms with Gasteiger partial charge in [0.25, 0.3) is 11.8 Å². The van der Waals surface area contributed by atoms with Gasteiger partial charge in [-0.15, -0.1) is 0 Å². The van der Waals surface area contributed by atoms with Gasteiger partial charge >= 0.3 is 0 Å². The molecule has 5 rings (SSSR count). The topological polar surface area (TPSA) is 49.4 Å². The maximum atomic E-state index is 13.2. The number of nitrogens with zero attached hydrogens (tertiary/aromatic N) is 1. The Morgan fingerprint density at radius 1 is 1.06 bits per heavy atom. The highest BCUT2D eigenvalue weighted by atomic mass is 16.2. The average Bonchev–Trinajstić information content (AvgIpc) is 3.21. The first-order chi connectivity index (χ1) is 15.8.